The van der Waals surface area contributed by atoms with Gasteiger partial charge in [-0.25, -0.2) is 8.78 Å². The predicted molar refractivity (Wildman–Crippen MR) is 76.2 cm³/mol. The molecule has 0 aliphatic heterocycles. The van der Waals surface area contributed by atoms with Gasteiger partial charge in [0, 0.05) is 6.54 Å². The van der Waals surface area contributed by atoms with E-state index in [0.29, 0.717) is 17.9 Å². The van der Waals surface area contributed by atoms with Crippen LogP contribution in [-0.4, -0.2) is 13.1 Å². The monoisotopic (exact) mass is 269 g/mol. The summed E-state index contributed by atoms with van der Waals surface area (Å²) in [5, 5.41) is 3.42. The van der Waals surface area contributed by atoms with Crippen molar-refractivity contribution in [2.45, 2.75) is 40.5 Å². The Balaban J connectivity index is 2.47. The fourth-order valence-corrected chi connectivity index (χ4v) is 2.00. The summed E-state index contributed by atoms with van der Waals surface area (Å²) in [6.45, 7) is 10.5. The first-order valence-corrected chi connectivity index (χ1v) is 6.95. The van der Waals surface area contributed by atoms with Crippen molar-refractivity contribution in [1.82, 2.24) is 5.32 Å². The van der Waals surface area contributed by atoms with Gasteiger partial charge in [0.25, 0.3) is 0 Å². The molecule has 0 bridgehead atoms. The van der Waals surface area contributed by atoms with Crippen LogP contribution in [-0.2, 0) is 6.42 Å². The van der Waals surface area contributed by atoms with Crippen LogP contribution >= 0.6 is 0 Å². The zero-order valence-corrected chi connectivity index (χ0v) is 12.4. The van der Waals surface area contributed by atoms with E-state index in [1.165, 1.54) is 12.1 Å². The van der Waals surface area contributed by atoms with E-state index < -0.39 is 0 Å². The molecule has 19 heavy (non-hydrogen) atoms. The molecule has 0 unspecified atom stereocenters. The van der Waals surface area contributed by atoms with Gasteiger partial charge in [0.2, 0.25) is 0 Å². The summed E-state index contributed by atoms with van der Waals surface area (Å²) in [7, 11) is 0. The fraction of sp³-hybridized carbons (Fsp3) is 0.625. The smallest absolute Gasteiger partial charge is 0.126 e. The first-order chi connectivity index (χ1) is 8.80. The van der Waals surface area contributed by atoms with Crippen molar-refractivity contribution in [3.8, 4) is 0 Å². The molecule has 0 heterocycles. The zero-order chi connectivity index (χ0) is 14.5. The maximum atomic E-state index is 13.5. The molecule has 0 fully saturated rings. The maximum absolute atomic E-state index is 13.5. The molecular weight excluding hydrogens is 244 g/mol. The molecule has 0 aliphatic rings. The van der Waals surface area contributed by atoms with Gasteiger partial charge in [0.15, 0.2) is 0 Å². The van der Waals surface area contributed by atoms with Gasteiger partial charge >= 0.3 is 0 Å². The highest BCUT2D eigenvalue weighted by atomic mass is 19.1. The molecule has 0 radical (unpaired) electrons. The predicted octanol–water partition coefficient (Wildman–Crippen LogP) is 4.17. The van der Waals surface area contributed by atoms with E-state index >= 15 is 0 Å². The van der Waals surface area contributed by atoms with Gasteiger partial charge in [-0.3, -0.25) is 0 Å². The minimum atomic E-state index is -0.368. The Morgan fingerprint density at radius 3 is 2.53 bits per heavy atom. The molecule has 0 aromatic heterocycles. The molecule has 0 spiro atoms. The van der Waals surface area contributed by atoms with Gasteiger partial charge in [0.05, 0.1) is 0 Å². The van der Waals surface area contributed by atoms with E-state index in [0.717, 1.165) is 25.6 Å². The lowest BCUT2D eigenvalue weighted by molar-refractivity contribution is 0.307. The molecule has 108 valence electrons. The molecule has 3 heteroatoms. The molecule has 1 rings (SSSR count). The van der Waals surface area contributed by atoms with Gasteiger partial charge in [-0.15, -0.1) is 0 Å². The zero-order valence-electron chi connectivity index (χ0n) is 12.4. The Hall–Kier alpha value is -0.960. The Morgan fingerprint density at radius 1 is 1.21 bits per heavy atom. The number of rotatable bonds is 7. The number of hydrogen-bond donors (Lipinski definition) is 1. The highest BCUT2D eigenvalue weighted by Gasteiger charge is 2.18. The topological polar surface area (TPSA) is 12.0 Å². The Morgan fingerprint density at radius 2 is 1.89 bits per heavy atom. The SMILES string of the molecule is CC(C)CNCC(C)(C)CCc1cc(F)ccc1F. The third-order valence-corrected chi connectivity index (χ3v) is 3.24. The van der Waals surface area contributed by atoms with Crippen molar-refractivity contribution in [3.63, 3.8) is 0 Å². The summed E-state index contributed by atoms with van der Waals surface area (Å²) in [6.07, 6.45) is 1.40. The van der Waals surface area contributed by atoms with E-state index in [1.54, 1.807) is 0 Å². The number of benzene rings is 1. The molecule has 0 aliphatic carbocycles. The average molecular weight is 269 g/mol. The van der Waals surface area contributed by atoms with Crippen molar-refractivity contribution in [2.24, 2.45) is 11.3 Å². The highest BCUT2D eigenvalue weighted by Crippen LogP contribution is 2.23. The second-order valence-corrected chi connectivity index (χ2v) is 6.42. The van der Waals surface area contributed by atoms with Gasteiger partial charge < -0.3 is 5.32 Å². The van der Waals surface area contributed by atoms with E-state index in [4.69, 9.17) is 0 Å². The van der Waals surface area contributed by atoms with E-state index in [-0.39, 0.29) is 17.0 Å². The van der Waals surface area contributed by atoms with Crippen molar-refractivity contribution in [2.75, 3.05) is 13.1 Å². The lowest BCUT2D eigenvalue weighted by Gasteiger charge is -2.25. The van der Waals surface area contributed by atoms with E-state index in [9.17, 15) is 8.78 Å². The molecule has 0 saturated carbocycles. The Kier molecular flexibility index (Phi) is 5.92. The molecular formula is C16H25F2N. The standard InChI is InChI=1S/C16H25F2N/c1-12(2)10-19-11-16(3,4)8-7-13-9-14(17)5-6-15(13)18/h5-6,9,12,19H,7-8,10-11H2,1-4H3. The highest BCUT2D eigenvalue weighted by molar-refractivity contribution is 5.19. The number of hydrogen-bond acceptors (Lipinski definition) is 1. The summed E-state index contributed by atoms with van der Waals surface area (Å²) >= 11 is 0. The van der Waals surface area contributed by atoms with Gasteiger partial charge in [-0.1, -0.05) is 27.7 Å². The second-order valence-electron chi connectivity index (χ2n) is 6.42. The van der Waals surface area contributed by atoms with E-state index in [1.807, 2.05) is 0 Å². The summed E-state index contributed by atoms with van der Waals surface area (Å²) in [5.74, 6) is -0.0593. The molecule has 1 aromatic rings. The van der Waals surface area contributed by atoms with Crippen LogP contribution in [0, 0.1) is 23.0 Å². The molecule has 0 atom stereocenters. The Bertz CT molecular complexity index is 400. The van der Waals surface area contributed by atoms with Gasteiger partial charge in [-0.2, -0.15) is 0 Å². The molecule has 0 amide bonds. The third-order valence-electron chi connectivity index (χ3n) is 3.24. The van der Waals surface area contributed by atoms with Crippen molar-refractivity contribution >= 4 is 0 Å². The first kappa shape index (κ1) is 16.1. The first-order valence-electron chi connectivity index (χ1n) is 6.95. The van der Waals surface area contributed by atoms with Crippen LogP contribution in [0.25, 0.3) is 0 Å². The lowest BCUT2D eigenvalue weighted by atomic mass is 9.86. The normalized spacial score (nSPS) is 12.2. The lowest BCUT2D eigenvalue weighted by Crippen LogP contribution is -2.32. The summed E-state index contributed by atoms with van der Waals surface area (Å²) in [6, 6.07) is 3.66. The van der Waals surface area contributed by atoms with E-state index in [2.05, 4.69) is 33.0 Å². The second kappa shape index (κ2) is 6.99. The van der Waals surface area contributed by atoms with Gasteiger partial charge in [-0.05, 0) is 54.5 Å². The molecule has 0 saturated heterocycles. The fourth-order valence-electron chi connectivity index (χ4n) is 2.00. The average Bonchev–Trinajstić information content (AvgIpc) is 2.30. The van der Waals surface area contributed by atoms with Crippen LogP contribution in [0.3, 0.4) is 0 Å². The third kappa shape index (κ3) is 6.15. The molecule has 1 nitrogen and oxygen atoms in total. The number of nitrogens with one attached hydrogen (secondary N) is 1. The van der Waals surface area contributed by atoms with Crippen molar-refractivity contribution in [3.05, 3.63) is 35.4 Å². The van der Waals surface area contributed by atoms with Crippen molar-refractivity contribution in [1.29, 1.82) is 0 Å². The van der Waals surface area contributed by atoms with Crippen LogP contribution in [0.1, 0.15) is 39.7 Å². The molecule has 1 N–H and O–H groups in total. The number of aryl methyl sites for hydroxylation is 1. The van der Waals surface area contributed by atoms with Crippen LogP contribution in [0.4, 0.5) is 8.78 Å². The largest absolute Gasteiger partial charge is 0.316 e. The summed E-state index contributed by atoms with van der Waals surface area (Å²) < 4.78 is 26.6. The Labute approximate surface area is 115 Å². The summed E-state index contributed by atoms with van der Waals surface area (Å²) in [4.78, 5) is 0. The molecule has 1 aromatic carbocycles. The van der Waals surface area contributed by atoms with Crippen molar-refractivity contribution < 1.29 is 8.78 Å². The number of halogens is 2. The summed E-state index contributed by atoms with van der Waals surface area (Å²) in [5.41, 5.74) is 0.546. The van der Waals surface area contributed by atoms with Crippen LogP contribution in [0.15, 0.2) is 18.2 Å². The van der Waals surface area contributed by atoms with Crippen LogP contribution in [0.5, 0.6) is 0 Å². The van der Waals surface area contributed by atoms with Gasteiger partial charge in [0.1, 0.15) is 11.6 Å². The minimum absolute atomic E-state index is 0.0770. The quantitative estimate of drug-likeness (QED) is 0.783. The van der Waals surface area contributed by atoms with Crippen LogP contribution in [0.2, 0.25) is 0 Å². The minimum Gasteiger partial charge on any atom is -0.316 e. The van der Waals surface area contributed by atoms with Crippen LogP contribution < -0.4 is 5.32 Å². The maximum Gasteiger partial charge on any atom is 0.126 e.